The lowest BCUT2D eigenvalue weighted by Gasteiger charge is -2.45. The van der Waals surface area contributed by atoms with Crippen molar-refractivity contribution in [3.8, 4) is 0 Å². The Balaban J connectivity index is 0.00000225. The molecule has 0 unspecified atom stereocenters. The minimum absolute atomic E-state index is 0. The molecule has 3 rings (SSSR count). The molecule has 3 fully saturated rings. The first-order valence-corrected chi connectivity index (χ1v) is 11.0. The van der Waals surface area contributed by atoms with Gasteiger partial charge in [0.25, 0.3) is 0 Å². The smallest absolute Gasteiger partial charge is 0.194 e. The third-order valence-electron chi connectivity index (χ3n) is 5.98. The van der Waals surface area contributed by atoms with E-state index in [4.69, 9.17) is 0 Å². The van der Waals surface area contributed by atoms with E-state index in [1.165, 1.54) is 0 Å². The van der Waals surface area contributed by atoms with Gasteiger partial charge in [0.15, 0.2) is 15.8 Å². The maximum atomic E-state index is 12.7. The zero-order chi connectivity index (χ0) is 17.3. The molecule has 1 spiro atoms. The molecular formula is C17H32IN3O3S. The van der Waals surface area contributed by atoms with Gasteiger partial charge in [-0.1, -0.05) is 19.3 Å². The van der Waals surface area contributed by atoms with Crippen LogP contribution in [0.3, 0.4) is 0 Å². The molecule has 0 radical (unpaired) electrons. The second-order valence-electron chi connectivity index (χ2n) is 7.73. The van der Waals surface area contributed by atoms with Crippen LogP contribution in [0, 0.1) is 0 Å². The summed E-state index contributed by atoms with van der Waals surface area (Å²) in [5.41, 5.74) is -0.648. The fraction of sp³-hybridized carbons (Fsp3) is 0.941. The van der Waals surface area contributed by atoms with Crippen molar-refractivity contribution < 1.29 is 13.5 Å². The maximum Gasteiger partial charge on any atom is 0.194 e. The van der Waals surface area contributed by atoms with Gasteiger partial charge in [0.05, 0.1) is 22.6 Å². The van der Waals surface area contributed by atoms with E-state index in [1.807, 2.05) is 6.92 Å². The minimum Gasteiger partial charge on any atom is -0.388 e. The Morgan fingerprint density at radius 2 is 1.84 bits per heavy atom. The molecule has 2 saturated carbocycles. The molecule has 1 saturated heterocycles. The van der Waals surface area contributed by atoms with Crippen molar-refractivity contribution in [3.05, 3.63) is 0 Å². The molecule has 0 bridgehead atoms. The summed E-state index contributed by atoms with van der Waals surface area (Å²) in [7, 11) is -3.04. The third kappa shape index (κ3) is 4.43. The average Bonchev–Trinajstić information content (AvgIpc) is 2.53. The van der Waals surface area contributed by atoms with Crippen LogP contribution in [-0.4, -0.2) is 66.7 Å². The Morgan fingerprint density at radius 1 is 1.16 bits per heavy atom. The fourth-order valence-corrected chi connectivity index (χ4v) is 6.37. The molecule has 8 heteroatoms. The van der Waals surface area contributed by atoms with Crippen molar-refractivity contribution in [2.45, 2.75) is 68.6 Å². The van der Waals surface area contributed by atoms with Gasteiger partial charge in [0, 0.05) is 19.6 Å². The number of aliphatic imine (C=N–C) groups is 1. The number of nitrogens with one attached hydrogen (secondary N) is 1. The van der Waals surface area contributed by atoms with Gasteiger partial charge >= 0.3 is 0 Å². The lowest BCUT2D eigenvalue weighted by atomic mass is 9.80. The molecular weight excluding hydrogens is 453 g/mol. The normalized spacial score (nSPS) is 27.3. The molecule has 2 aliphatic carbocycles. The summed E-state index contributed by atoms with van der Waals surface area (Å²) in [6, 6.07) is 0. The second kappa shape index (κ2) is 8.29. The van der Waals surface area contributed by atoms with E-state index in [0.29, 0.717) is 19.6 Å². The molecule has 6 nitrogen and oxygen atoms in total. The van der Waals surface area contributed by atoms with Crippen molar-refractivity contribution >= 4 is 39.8 Å². The first-order chi connectivity index (χ1) is 11.4. The quantitative estimate of drug-likeness (QED) is 0.363. The van der Waals surface area contributed by atoms with Crippen LogP contribution in [0.1, 0.15) is 58.3 Å². The number of hydrogen-bond donors (Lipinski definition) is 2. The van der Waals surface area contributed by atoms with Gasteiger partial charge in [-0.15, -0.1) is 24.0 Å². The molecule has 0 aromatic heterocycles. The predicted octanol–water partition coefficient (Wildman–Crippen LogP) is 1.92. The Bertz CT molecular complexity index is 584. The number of halogens is 1. The molecule has 0 aromatic carbocycles. The lowest BCUT2D eigenvalue weighted by molar-refractivity contribution is -0.0237. The summed E-state index contributed by atoms with van der Waals surface area (Å²) in [6.45, 7) is 4.21. The van der Waals surface area contributed by atoms with Crippen LogP contribution in [0.5, 0.6) is 0 Å². The summed E-state index contributed by atoms with van der Waals surface area (Å²) in [6.07, 6.45) is 7.37. The summed E-state index contributed by atoms with van der Waals surface area (Å²) < 4.78 is 24.9. The molecule has 1 aliphatic heterocycles. The summed E-state index contributed by atoms with van der Waals surface area (Å²) >= 11 is 0. The topological polar surface area (TPSA) is 82.0 Å². The van der Waals surface area contributed by atoms with Crippen LogP contribution >= 0.6 is 24.0 Å². The van der Waals surface area contributed by atoms with Crippen LogP contribution in [0.4, 0.5) is 0 Å². The highest BCUT2D eigenvalue weighted by Gasteiger charge is 2.48. The van der Waals surface area contributed by atoms with E-state index in [-0.39, 0.29) is 29.7 Å². The van der Waals surface area contributed by atoms with E-state index >= 15 is 0 Å². The van der Waals surface area contributed by atoms with E-state index < -0.39 is 20.2 Å². The van der Waals surface area contributed by atoms with Gasteiger partial charge in [-0.2, -0.15) is 0 Å². The highest BCUT2D eigenvalue weighted by molar-refractivity contribution is 14.0. The Hall–Kier alpha value is -0.0900. The molecule has 0 aromatic rings. The van der Waals surface area contributed by atoms with Gasteiger partial charge < -0.3 is 15.3 Å². The van der Waals surface area contributed by atoms with Crippen molar-refractivity contribution in [2.24, 2.45) is 4.99 Å². The third-order valence-corrected chi connectivity index (χ3v) is 8.55. The van der Waals surface area contributed by atoms with Crippen molar-refractivity contribution in [1.29, 1.82) is 0 Å². The number of aliphatic hydroxyl groups is 1. The van der Waals surface area contributed by atoms with Crippen LogP contribution in [0.15, 0.2) is 4.99 Å². The second-order valence-corrected chi connectivity index (χ2v) is 10.2. The molecule has 146 valence electrons. The number of sulfone groups is 1. The SMILES string of the molecule is CCNC(=NCC1(O)CCC1)N1CCS(=O)(=O)C2(CCCCC2)C1.I. The number of guanidine groups is 1. The first kappa shape index (κ1) is 21.2. The highest BCUT2D eigenvalue weighted by Crippen LogP contribution is 2.39. The van der Waals surface area contributed by atoms with E-state index in [2.05, 4.69) is 15.2 Å². The van der Waals surface area contributed by atoms with Gasteiger partial charge in [0.2, 0.25) is 0 Å². The van der Waals surface area contributed by atoms with Crippen LogP contribution in [-0.2, 0) is 9.84 Å². The first-order valence-electron chi connectivity index (χ1n) is 9.38. The average molecular weight is 485 g/mol. The number of hydrogen-bond acceptors (Lipinski definition) is 4. The van der Waals surface area contributed by atoms with Gasteiger partial charge in [-0.3, -0.25) is 4.99 Å². The molecule has 25 heavy (non-hydrogen) atoms. The van der Waals surface area contributed by atoms with E-state index in [0.717, 1.165) is 63.9 Å². The Morgan fingerprint density at radius 3 is 2.40 bits per heavy atom. The molecule has 1 heterocycles. The highest BCUT2D eigenvalue weighted by atomic mass is 127. The molecule has 0 atom stereocenters. The largest absolute Gasteiger partial charge is 0.388 e. The summed E-state index contributed by atoms with van der Waals surface area (Å²) in [5, 5.41) is 13.6. The molecule has 2 N–H and O–H groups in total. The van der Waals surface area contributed by atoms with Gasteiger partial charge in [-0.25, -0.2) is 8.42 Å². The van der Waals surface area contributed by atoms with Gasteiger partial charge in [-0.05, 0) is 39.0 Å². The zero-order valence-electron chi connectivity index (χ0n) is 15.2. The Kier molecular flexibility index (Phi) is 7.03. The van der Waals surface area contributed by atoms with Crippen LogP contribution < -0.4 is 5.32 Å². The van der Waals surface area contributed by atoms with Crippen molar-refractivity contribution in [1.82, 2.24) is 10.2 Å². The zero-order valence-corrected chi connectivity index (χ0v) is 18.3. The Labute approximate surface area is 168 Å². The number of nitrogens with zero attached hydrogens (tertiary/aromatic N) is 2. The standard InChI is InChI=1S/C17H31N3O3S.HI/c1-2-18-15(19-13-16(21)7-6-8-16)20-11-12-24(22,23)17(14-20)9-4-3-5-10-17;/h21H,2-14H2,1H3,(H,18,19);1H. The summed E-state index contributed by atoms with van der Waals surface area (Å²) in [5.74, 6) is 0.972. The summed E-state index contributed by atoms with van der Waals surface area (Å²) in [4.78, 5) is 6.75. The maximum absolute atomic E-state index is 12.7. The van der Waals surface area contributed by atoms with E-state index in [9.17, 15) is 13.5 Å². The van der Waals surface area contributed by atoms with E-state index in [1.54, 1.807) is 0 Å². The molecule has 0 amide bonds. The van der Waals surface area contributed by atoms with Crippen molar-refractivity contribution in [3.63, 3.8) is 0 Å². The van der Waals surface area contributed by atoms with Gasteiger partial charge in [0.1, 0.15) is 0 Å². The predicted molar refractivity (Wildman–Crippen MR) is 111 cm³/mol. The number of rotatable bonds is 3. The van der Waals surface area contributed by atoms with Crippen LogP contribution in [0.25, 0.3) is 0 Å². The lowest BCUT2D eigenvalue weighted by Crippen LogP contribution is -2.60. The minimum atomic E-state index is -3.04. The monoisotopic (exact) mass is 485 g/mol. The van der Waals surface area contributed by atoms with Crippen molar-refractivity contribution in [2.75, 3.05) is 31.9 Å². The molecule has 3 aliphatic rings. The fourth-order valence-electron chi connectivity index (χ4n) is 4.21. The van der Waals surface area contributed by atoms with Crippen LogP contribution in [0.2, 0.25) is 0 Å².